The molecule has 260 valence electrons. The van der Waals surface area contributed by atoms with Crippen LogP contribution in [0.1, 0.15) is 47.2 Å². The van der Waals surface area contributed by atoms with Crippen LogP contribution in [-0.2, 0) is 10.8 Å². The Labute approximate surface area is 325 Å². The van der Waals surface area contributed by atoms with Crippen LogP contribution in [0, 0.1) is 0 Å². The molecule has 1 spiro atoms. The Morgan fingerprint density at radius 1 is 0.400 bits per heavy atom. The zero-order chi connectivity index (χ0) is 36.5. The van der Waals surface area contributed by atoms with Gasteiger partial charge in [0.25, 0.3) is 0 Å². The van der Waals surface area contributed by atoms with Crippen LogP contribution < -0.4 is 9.80 Å². The molecule has 3 aliphatic rings. The molecule has 0 saturated heterocycles. The number of fused-ring (bicyclic) bond motifs is 15. The lowest BCUT2D eigenvalue weighted by Crippen LogP contribution is -2.36. The van der Waals surface area contributed by atoms with E-state index in [9.17, 15) is 0 Å². The van der Waals surface area contributed by atoms with Gasteiger partial charge in [0, 0.05) is 37.0 Å². The number of rotatable bonds is 2. The zero-order valence-corrected chi connectivity index (χ0v) is 31.4. The van der Waals surface area contributed by atoms with E-state index in [1.165, 1.54) is 93.1 Å². The van der Waals surface area contributed by atoms with Gasteiger partial charge in [-0.1, -0.05) is 135 Å². The summed E-state index contributed by atoms with van der Waals surface area (Å²) in [5.41, 5.74) is 17.2. The van der Waals surface area contributed by atoms with Crippen LogP contribution in [0.3, 0.4) is 0 Å². The van der Waals surface area contributed by atoms with Crippen molar-refractivity contribution in [3.05, 3.63) is 215 Å². The third kappa shape index (κ3) is 3.93. The summed E-state index contributed by atoms with van der Waals surface area (Å²) in [6, 6.07) is 68.1. The van der Waals surface area contributed by atoms with E-state index in [0.717, 1.165) is 5.69 Å². The second-order valence-electron chi connectivity index (χ2n) is 15.6. The highest BCUT2D eigenvalue weighted by molar-refractivity contribution is 7.25. The standard InChI is InChI=1S/C52H36N2S/c1-51(2)39-21-9-12-24-43(39)54(34-28-31-48-37(32-34)35-18-7-15-27-47(35)55-48)46-30-29-42-49(50(46)51)36-19-6-8-20-38(36)52(42)40-22-10-13-25-44(40)53(33-16-4-3-5-17-33)45-26-14-11-23-41(45)52/h3-32H,1-2H3. The van der Waals surface area contributed by atoms with Crippen molar-refractivity contribution >= 4 is 65.6 Å². The smallest absolute Gasteiger partial charge is 0.0754 e. The van der Waals surface area contributed by atoms with Gasteiger partial charge in [-0.05, 0) is 105 Å². The van der Waals surface area contributed by atoms with Gasteiger partial charge in [0.15, 0.2) is 0 Å². The van der Waals surface area contributed by atoms with Crippen LogP contribution in [0.4, 0.5) is 34.1 Å². The second kappa shape index (κ2) is 11.1. The van der Waals surface area contributed by atoms with E-state index in [4.69, 9.17) is 0 Å². The molecule has 1 aliphatic carbocycles. The average Bonchev–Trinajstić information content (AvgIpc) is 3.75. The molecule has 0 radical (unpaired) electrons. The fourth-order valence-electron chi connectivity index (χ4n) is 10.5. The summed E-state index contributed by atoms with van der Waals surface area (Å²) in [4.78, 5) is 5.00. The topological polar surface area (TPSA) is 6.48 Å². The molecule has 8 aromatic carbocycles. The minimum Gasteiger partial charge on any atom is -0.310 e. The highest BCUT2D eigenvalue weighted by atomic mass is 32.1. The Morgan fingerprint density at radius 3 is 1.71 bits per heavy atom. The monoisotopic (exact) mass is 720 g/mol. The summed E-state index contributed by atoms with van der Waals surface area (Å²) in [7, 11) is 0. The summed E-state index contributed by atoms with van der Waals surface area (Å²) in [5.74, 6) is 0. The SMILES string of the molecule is CC1(C)c2ccccc2N(c2ccc3sc4ccccc4c3c2)c2ccc3c(c21)-c1ccccc1C31c2ccccc2N(c2ccccc2)c2ccccc21. The Hall–Kier alpha value is -6.42. The Kier molecular flexibility index (Phi) is 6.23. The van der Waals surface area contributed by atoms with Crippen molar-refractivity contribution in [3.63, 3.8) is 0 Å². The van der Waals surface area contributed by atoms with Gasteiger partial charge in [0.05, 0.1) is 28.2 Å². The predicted octanol–water partition coefficient (Wildman–Crippen LogP) is 14.3. The number of nitrogens with zero attached hydrogens (tertiary/aromatic N) is 2. The summed E-state index contributed by atoms with van der Waals surface area (Å²) in [6.45, 7) is 4.87. The van der Waals surface area contributed by atoms with Crippen LogP contribution in [0.5, 0.6) is 0 Å². The van der Waals surface area contributed by atoms with Crippen molar-refractivity contribution in [2.24, 2.45) is 0 Å². The molecule has 0 fully saturated rings. The maximum atomic E-state index is 2.54. The minimum atomic E-state index is -0.508. The van der Waals surface area contributed by atoms with Gasteiger partial charge in [-0.25, -0.2) is 0 Å². The highest BCUT2D eigenvalue weighted by Crippen LogP contribution is 2.67. The molecule has 9 aromatic rings. The van der Waals surface area contributed by atoms with Crippen molar-refractivity contribution < 1.29 is 0 Å². The van der Waals surface area contributed by atoms with Crippen molar-refractivity contribution in [1.82, 2.24) is 0 Å². The second-order valence-corrected chi connectivity index (χ2v) is 16.7. The zero-order valence-electron chi connectivity index (χ0n) is 30.6. The predicted molar refractivity (Wildman–Crippen MR) is 232 cm³/mol. The lowest BCUT2D eigenvalue weighted by atomic mass is 9.63. The number of benzene rings is 8. The van der Waals surface area contributed by atoms with E-state index in [0.29, 0.717) is 0 Å². The van der Waals surface area contributed by atoms with Crippen LogP contribution in [0.25, 0.3) is 31.3 Å². The lowest BCUT2D eigenvalue weighted by molar-refractivity contribution is 0.632. The van der Waals surface area contributed by atoms with E-state index >= 15 is 0 Å². The van der Waals surface area contributed by atoms with Gasteiger partial charge in [0.1, 0.15) is 0 Å². The Morgan fingerprint density at radius 2 is 0.964 bits per heavy atom. The van der Waals surface area contributed by atoms with Gasteiger partial charge >= 0.3 is 0 Å². The molecule has 0 saturated carbocycles. The first-order valence-electron chi connectivity index (χ1n) is 19.2. The Balaban J connectivity index is 1.18. The molecule has 12 rings (SSSR count). The maximum Gasteiger partial charge on any atom is 0.0754 e. The molecule has 3 heterocycles. The van der Waals surface area contributed by atoms with Crippen molar-refractivity contribution in [2.45, 2.75) is 24.7 Å². The van der Waals surface area contributed by atoms with Crippen molar-refractivity contribution in [3.8, 4) is 11.1 Å². The van der Waals surface area contributed by atoms with Crippen molar-refractivity contribution in [1.29, 1.82) is 0 Å². The molecule has 0 bridgehead atoms. The minimum absolute atomic E-state index is 0.282. The first-order valence-corrected chi connectivity index (χ1v) is 20.0. The van der Waals surface area contributed by atoms with E-state index in [-0.39, 0.29) is 5.41 Å². The summed E-state index contributed by atoms with van der Waals surface area (Å²) in [5, 5.41) is 2.63. The van der Waals surface area contributed by atoms with E-state index in [1.807, 2.05) is 11.3 Å². The third-order valence-corrected chi connectivity index (χ3v) is 13.8. The maximum absolute atomic E-state index is 2.54. The largest absolute Gasteiger partial charge is 0.310 e. The Bertz CT molecular complexity index is 3000. The van der Waals surface area contributed by atoms with Crippen LogP contribution >= 0.6 is 11.3 Å². The van der Waals surface area contributed by atoms with Gasteiger partial charge in [-0.3, -0.25) is 0 Å². The van der Waals surface area contributed by atoms with E-state index in [2.05, 4.69) is 206 Å². The number of thiophene rings is 1. The molecule has 0 amide bonds. The molecule has 3 heteroatoms. The fraction of sp³-hybridized carbons (Fsp3) is 0.0769. The summed E-state index contributed by atoms with van der Waals surface area (Å²) in [6.07, 6.45) is 0. The normalized spacial score (nSPS) is 15.3. The van der Waals surface area contributed by atoms with E-state index in [1.54, 1.807) is 0 Å². The molecule has 0 N–H and O–H groups in total. The van der Waals surface area contributed by atoms with Crippen LogP contribution in [0.15, 0.2) is 182 Å². The number of hydrogen-bond donors (Lipinski definition) is 0. The molecular weight excluding hydrogens is 685 g/mol. The third-order valence-electron chi connectivity index (χ3n) is 12.6. The fourth-order valence-corrected chi connectivity index (χ4v) is 11.5. The number of hydrogen-bond acceptors (Lipinski definition) is 3. The molecule has 1 aromatic heterocycles. The quantitative estimate of drug-likeness (QED) is 0.175. The van der Waals surface area contributed by atoms with Crippen LogP contribution in [-0.4, -0.2) is 0 Å². The van der Waals surface area contributed by atoms with Gasteiger partial charge in [-0.15, -0.1) is 11.3 Å². The molecule has 55 heavy (non-hydrogen) atoms. The highest BCUT2D eigenvalue weighted by Gasteiger charge is 2.54. The lowest BCUT2D eigenvalue weighted by Gasteiger charge is -2.46. The number of para-hydroxylation sites is 4. The summed E-state index contributed by atoms with van der Waals surface area (Å²) >= 11 is 1.87. The molecule has 0 atom stereocenters. The number of anilines is 6. The van der Waals surface area contributed by atoms with Gasteiger partial charge in [-0.2, -0.15) is 0 Å². The molecule has 2 aliphatic heterocycles. The molecular formula is C52H36N2S. The summed E-state index contributed by atoms with van der Waals surface area (Å²) < 4.78 is 2.65. The van der Waals surface area contributed by atoms with E-state index < -0.39 is 5.41 Å². The first-order chi connectivity index (χ1) is 27.1. The van der Waals surface area contributed by atoms with Crippen molar-refractivity contribution in [2.75, 3.05) is 9.80 Å². The average molecular weight is 721 g/mol. The molecule has 2 nitrogen and oxygen atoms in total. The van der Waals surface area contributed by atoms with Gasteiger partial charge in [0.2, 0.25) is 0 Å². The van der Waals surface area contributed by atoms with Crippen LogP contribution in [0.2, 0.25) is 0 Å². The molecule has 0 unspecified atom stereocenters. The first kappa shape index (κ1) is 31.0. The van der Waals surface area contributed by atoms with Gasteiger partial charge < -0.3 is 9.80 Å².